The molecule has 5 nitrogen and oxygen atoms in total. The van der Waals surface area contributed by atoms with Crippen LogP contribution in [0.4, 0.5) is 13.2 Å². The molecule has 4 rings (SSSR count). The first kappa shape index (κ1) is 16.1. The molecule has 0 aliphatic rings. The van der Waals surface area contributed by atoms with Crippen molar-refractivity contribution >= 4 is 10.9 Å². The van der Waals surface area contributed by atoms with Crippen LogP contribution in [-0.2, 0) is 6.18 Å². The van der Waals surface area contributed by atoms with Crippen molar-refractivity contribution in [2.45, 2.75) is 6.18 Å². The molecule has 0 bridgehead atoms. The van der Waals surface area contributed by atoms with E-state index in [-0.39, 0.29) is 11.1 Å². The summed E-state index contributed by atoms with van der Waals surface area (Å²) < 4.78 is 39.4. The SMILES string of the molecule is O=c1ccc(-c2ccnc3ccc(-c4cn[nH]c4C(F)(F)F)cc23)c[nH]1. The standard InChI is InChI=1S/C18H11F3N4O/c19-18(20,21)17-14(9-24-25-17)10-1-3-15-13(7-10)12(5-6-22-15)11-2-4-16(26)23-8-11/h1-9H,(H,23,26)(H,24,25). The fourth-order valence-electron chi connectivity index (χ4n) is 2.86. The number of nitrogens with one attached hydrogen (secondary N) is 2. The predicted octanol–water partition coefficient (Wildman–Crippen LogP) is 4.00. The molecule has 26 heavy (non-hydrogen) atoms. The quantitative estimate of drug-likeness (QED) is 0.570. The Kier molecular flexibility index (Phi) is 3.61. The lowest BCUT2D eigenvalue weighted by Gasteiger charge is -2.10. The maximum atomic E-state index is 13.1. The van der Waals surface area contributed by atoms with Crippen molar-refractivity contribution in [2.24, 2.45) is 0 Å². The summed E-state index contributed by atoms with van der Waals surface area (Å²) in [5, 5.41) is 6.22. The van der Waals surface area contributed by atoms with Gasteiger partial charge in [-0.1, -0.05) is 6.07 Å². The van der Waals surface area contributed by atoms with Gasteiger partial charge in [0.2, 0.25) is 5.56 Å². The molecule has 1 aromatic carbocycles. The van der Waals surface area contributed by atoms with Crippen LogP contribution in [0.1, 0.15) is 5.69 Å². The molecule has 130 valence electrons. The molecule has 0 spiro atoms. The van der Waals surface area contributed by atoms with E-state index in [4.69, 9.17) is 0 Å². The first-order valence-electron chi connectivity index (χ1n) is 7.62. The molecular formula is C18H11F3N4O. The van der Waals surface area contributed by atoms with Gasteiger partial charge in [-0.2, -0.15) is 18.3 Å². The fraction of sp³-hybridized carbons (Fsp3) is 0.0556. The lowest BCUT2D eigenvalue weighted by atomic mass is 9.98. The molecule has 0 fully saturated rings. The van der Waals surface area contributed by atoms with E-state index in [1.165, 1.54) is 6.07 Å². The monoisotopic (exact) mass is 356 g/mol. The minimum absolute atomic E-state index is 0.0318. The lowest BCUT2D eigenvalue weighted by Crippen LogP contribution is -2.07. The van der Waals surface area contributed by atoms with Gasteiger partial charge in [0, 0.05) is 29.4 Å². The predicted molar refractivity (Wildman–Crippen MR) is 90.4 cm³/mol. The number of aromatic nitrogens is 4. The van der Waals surface area contributed by atoms with Crippen LogP contribution in [-0.4, -0.2) is 20.2 Å². The molecule has 0 aliphatic carbocycles. The first-order chi connectivity index (χ1) is 12.4. The number of nitrogens with zero attached hydrogens (tertiary/aromatic N) is 2. The second-order valence-corrected chi connectivity index (χ2v) is 5.69. The highest BCUT2D eigenvalue weighted by molar-refractivity contribution is 5.96. The second kappa shape index (κ2) is 5.83. The smallest absolute Gasteiger partial charge is 0.328 e. The normalized spacial score (nSPS) is 11.8. The van der Waals surface area contributed by atoms with Crippen LogP contribution in [0.2, 0.25) is 0 Å². The number of hydrogen-bond donors (Lipinski definition) is 2. The number of fused-ring (bicyclic) bond motifs is 1. The first-order valence-corrected chi connectivity index (χ1v) is 7.62. The number of pyridine rings is 2. The highest BCUT2D eigenvalue weighted by atomic mass is 19.4. The van der Waals surface area contributed by atoms with Gasteiger partial charge >= 0.3 is 6.18 Å². The summed E-state index contributed by atoms with van der Waals surface area (Å²) in [5.74, 6) is 0. The number of alkyl halides is 3. The molecule has 0 unspecified atom stereocenters. The molecule has 8 heteroatoms. The molecule has 3 heterocycles. The Morgan fingerprint density at radius 2 is 1.77 bits per heavy atom. The van der Waals surface area contributed by atoms with E-state index in [0.717, 1.165) is 17.3 Å². The Morgan fingerprint density at radius 1 is 0.962 bits per heavy atom. The van der Waals surface area contributed by atoms with Crippen LogP contribution in [0.3, 0.4) is 0 Å². The summed E-state index contributed by atoms with van der Waals surface area (Å²) >= 11 is 0. The van der Waals surface area contributed by atoms with Gasteiger partial charge in [-0.25, -0.2) is 0 Å². The minimum Gasteiger partial charge on any atom is -0.328 e. The van der Waals surface area contributed by atoms with Crippen molar-refractivity contribution in [1.29, 1.82) is 0 Å². The molecule has 4 aromatic rings. The summed E-state index contributed by atoms with van der Waals surface area (Å²) in [7, 11) is 0. The molecule has 0 aliphatic heterocycles. The van der Waals surface area contributed by atoms with Crippen molar-refractivity contribution in [3.63, 3.8) is 0 Å². The third-order valence-corrected chi connectivity index (χ3v) is 4.07. The number of benzene rings is 1. The highest BCUT2D eigenvalue weighted by Gasteiger charge is 2.35. The average Bonchev–Trinajstić information content (AvgIpc) is 3.12. The van der Waals surface area contributed by atoms with Crippen molar-refractivity contribution in [3.05, 3.63) is 71.0 Å². The maximum Gasteiger partial charge on any atom is 0.433 e. The van der Waals surface area contributed by atoms with Crippen molar-refractivity contribution in [3.8, 4) is 22.3 Å². The van der Waals surface area contributed by atoms with E-state index in [0.29, 0.717) is 16.5 Å². The third-order valence-electron chi connectivity index (χ3n) is 4.07. The number of hydrogen-bond acceptors (Lipinski definition) is 3. The third kappa shape index (κ3) is 2.75. The number of aromatic amines is 2. The van der Waals surface area contributed by atoms with Gasteiger partial charge in [-0.15, -0.1) is 0 Å². The summed E-state index contributed by atoms with van der Waals surface area (Å²) in [6.07, 6.45) is -0.207. The van der Waals surface area contributed by atoms with Crippen molar-refractivity contribution in [1.82, 2.24) is 20.2 Å². The number of rotatable bonds is 2. The van der Waals surface area contributed by atoms with Gasteiger partial charge < -0.3 is 4.98 Å². The largest absolute Gasteiger partial charge is 0.433 e. The second-order valence-electron chi connectivity index (χ2n) is 5.69. The van der Waals surface area contributed by atoms with Gasteiger partial charge in [-0.3, -0.25) is 14.9 Å². The van der Waals surface area contributed by atoms with Crippen molar-refractivity contribution in [2.75, 3.05) is 0 Å². The van der Waals surface area contributed by atoms with Crippen LogP contribution >= 0.6 is 0 Å². The lowest BCUT2D eigenvalue weighted by molar-refractivity contribution is -0.140. The molecule has 2 N–H and O–H groups in total. The van der Waals surface area contributed by atoms with Gasteiger partial charge in [0.1, 0.15) is 5.69 Å². The van der Waals surface area contributed by atoms with E-state index in [1.54, 1.807) is 42.7 Å². The molecule has 0 saturated heterocycles. The van der Waals surface area contributed by atoms with Gasteiger partial charge in [0.25, 0.3) is 0 Å². The summed E-state index contributed by atoms with van der Waals surface area (Å²) in [6, 6.07) is 9.67. The zero-order valence-electron chi connectivity index (χ0n) is 13.1. The summed E-state index contributed by atoms with van der Waals surface area (Å²) in [5.41, 5.74) is 1.33. The van der Waals surface area contributed by atoms with Gasteiger partial charge in [0.05, 0.1) is 11.7 Å². The Hall–Kier alpha value is -3.42. The highest BCUT2D eigenvalue weighted by Crippen LogP contribution is 2.37. The molecule has 0 atom stereocenters. The molecular weight excluding hydrogens is 345 g/mol. The summed E-state index contributed by atoms with van der Waals surface area (Å²) in [4.78, 5) is 18.1. The van der Waals surface area contributed by atoms with E-state index >= 15 is 0 Å². The van der Waals surface area contributed by atoms with Crippen LogP contribution < -0.4 is 5.56 Å². The number of H-pyrrole nitrogens is 2. The Bertz CT molecular complexity index is 1140. The fourth-order valence-corrected chi connectivity index (χ4v) is 2.86. The summed E-state index contributed by atoms with van der Waals surface area (Å²) in [6.45, 7) is 0. The zero-order valence-corrected chi connectivity index (χ0v) is 13.1. The van der Waals surface area contributed by atoms with Gasteiger partial charge in [-0.05, 0) is 41.0 Å². The van der Waals surface area contributed by atoms with Crippen LogP contribution in [0.25, 0.3) is 33.2 Å². The van der Waals surface area contributed by atoms with Crippen molar-refractivity contribution < 1.29 is 13.2 Å². The Labute approximate surface area is 144 Å². The van der Waals surface area contributed by atoms with Crippen LogP contribution in [0.15, 0.2) is 59.8 Å². The maximum absolute atomic E-state index is 13.1. The average molecular weight is 356 g/mol. The number of halogens is 3. The molecule has 0 saturated carbocycles. The van der Waals surface area contributed by atoms with E-state index in [1.807, 2.05) is 5.10 Å². The van der Waals surface area contributed by atoms with Crippen LogP contribution in [0.5, 0.6) is 0 Å². The Balaban J connectivity index is 1.93. The topological polar surface area (TPSA) is 74.4 Å². The molecule has 3 aromatic heterocycles. The minimum atomic E-state index is -4.53. The zero-order chi connectivity index (χ0) is 18.3. The van der Waals surface area contributed by atoms with Gasteiger partial charge in [0.15, 0.2) is 0 Å². The van der Waals surface area contributed by atoms with Crippen LogP contribution in [0, 0.1) is 0 Å². The Morgan fingerprint density at radius 3 is 2.50 bits per heavy atom. The van der Waals surface area contributed by atoms with E-state index < -0.39 is 11.9 Å². The molecule has 0 amide bonds. The molecule has 0 radical (unpaired) electrons. The van der Waals surface area contributed by atoms with E-state index in [2.05, 4.69) is 15.1 Å². The van der Waals surface area contributed by atoms with E-state index in [9.17, 15) is 18.0 Å².